The number of nitrogens with zero attached hydrogens (tertiary/aromatic N) is 1. The van der Waals surface area contributed by atoms with Crippen molar-refractivity contribution in [2.24, 2.45) is 5.10 Å². The number of nitrogens with one attached hydrogen (secondary N) is 3. The highest BCUT2D eigenvalue weighted by atomic mass is 79.9. The van der Waals surface area contributed by atoms with Gasteiger partial charge in [0.05, 0.1) is 11.9 Å². The molecule has 0 aromatic heterocycles. The number of rotatable bonds is 8. The molecule has 30 heavy (non-hydrogen) atoms. The van der Waals surface area contributed by atoms with Crippen LogP contribution in [0.25, 0.3) is 0 Å². The van der Waals surface area contributed by atoms with Gasteiger partial charge in [0.1, 0.15) is 11.6 Å². The molecule has 3 N–H and O–H groups in total. The largest absolute Gasteiger partial charge is 0.484 e. The minimum absolute atomic E-state index is 0.0476. The Labute approximate surface area is 181 Å². The number of anilines is 1. The predicted molar refractivity (Wildman–Crippen MR) is 114 cm³/mol. The van der Waals surface area contributed by atoms with Gasteiger partial charge >= 0.3 is 11.8 Å². The molecule has 2 rings (SSSR count). The quantitative estimate of drug-likeness (QED) is 0.307. The molecular formula is C20H20BrFN4O4. The van der Waals surface area contributed by atoms with Crippen molar-refractivity contribution in [3.8, 4) is 5.75 Å². The van der Waals surface area contributed by atoms with Crippen LogP contribution in [-0.4, -0.2) is 37.1 Å². The number of hydrogen-bond acceptors (Lipinski definition) is 5. The Morgan fingerprint density at radius 2 is 1.97 bits per heavy atom. The molecule has 8 nitrogen and oxygen atoms in total. The number of ether oxygens (including phenoxy) is 1. The van der Waals surface area contributed by atoms with Gasteiger partial charge in [-0.15, -0.1) is 0 Å². The van der Waals surface area contributed by atoms with E-state index in [4.69, 9.17) is 4.74 Å². The van der Waals surface area contributed by atoms with Crippen molar-refractivity contribution < 1.29 is 23.5 Å². The van der Waals surface area contributed by atoms with Crippen molar-refractivity contribution in [2.45, 2.75) is 13.3 Å². The fraction of sp³-hybridized carbons (Fsp3) is 0.200. The van der Waals surface area contributed by atoms with Gasteiger partial charge in [-0.1, -0.05) is 35.0 Å². The number of carbonyl (C=O) groups excluding carboxylic acids is 3. The van der Waals surface area contributed by atoms with Crippen molar-refractivity contribution >= 4 is 45.6 Å². The van der Waals surface area contributed by atoms with Gasteiger partial charge in [0.2, 0.25) is 0 Å². The van der Waals surface area contributed by atoms with E-state index < -0.39 is 23.5 Å². The van der Waals surface area contributed by atoms with Gasteiger partial charge in [-0.3, -0.25) is 14.4 Å². The molecule has 3 amide bonds. The molecule has 0 atom stereocenters. The molecule has 0 bridgehead atoms. The first-order valence-corrected chi connectivity index (χ1v) is 9.77. The normalized spacial score (nSPS) is 10.5. The highest BCUT2D eigenvalue weighted by Crippen LogP contribution is 2.19. The number of hydrazone groups is 1. The van der Waals surface area contributed by atoms with E-state index in [9.17, 15) is 18.8 Å². The number of amides is 3. The monoisotopic (exact) mass is 478 g/mol. The lowest BCUT2D eigenvalue weighted by Crippen LogP contribution is -2.38. The first-order chi connectivity index (χ1) is 14.4. The third-order valence-electron chi connectivity index (χ3n) is 3.55. The Morgan fingerprint density at radius 3 is 2.70 bits per heavy atom. The van der Waals surface area contributed by atoms with Crippen LogP contribution in [0.5, 0.6) is 5.75 Å². The number of carbonyl (C=O) groups is 3. The summed E-state index contributed by atoms with van der Waals surface area (Å²) in [6.45, 7) is 1.94. The van der Waals surface area contributed by atoms with Crippen LogP contribution in [-0.2, 0) is 14.4 Å². The zero-order valence-electron chi connectivity index (χ0n) is 16.1. The fourth-order valence-electron chi connectivity index (χ4n) is 2.15. The zero-order chi connectivity index (χ0) is 21.9. The van der Waals surface area contributed by atoms with Gasteiger partial charge in [0.15, 0.2) is 6.61 Å². The van der Waals surface area contributed by atoms with Crippen molar-refractivity contribution in [3.05, 3.63) is 58.3 Å². The molecule has 0 heterocycles. The molecule has 158 valence electrons. The van der Waals surface area contributed by atoms with Crippen LogP contribution < -0.4 is 20.8 Å². The van der Waals surface area contributed by atoms with E-state index >= 15 is 0 Å². The molecule has 0 unspecified atom stereocenters. The summed E-state index contributed by atoms with van der Waals surface area (Å²) < 4.78 is 19.7. The summed E-state index contributed by atoms with van der Waals surface area (Å²) in [5.74, 6) is -2.36. The topological polar surface area (TPSA) is 109 Å². The van der Waals surface area contributed by atoms with Crippen molar-refractivity contribution in [2.75, 3.05) is 18.5 Å². The molecule has 0 saturated carbocycles. The summed E-state index contributed by atoms with van der Waals surface area (Å²) in [7, 11) is 0. The Kier molecular flexibility index (Phi) is 8.95. The summed E-state index contributed by atoms with van der Waals surface area (Å²) in [6, 6.07) is 10.9. The van der Waals surface area contributed by atoms with Crippen LogP contribution in [0.1, 0.15) is 18.9 Å². The van der Waals surface area contributed by atoms with Gasteiger partial charge in [0.25, 0.3) is 5.91 Å². The summed E-state index contributed by atoms with van der Waals surface area (Å²) >= 11 is 3.14. The number of benzene rings is 2. The highest BCUT2D eigenvalue weighted by molar-refractivity contribution is 9.10. The minimum Gasteiger partial charge on any atom is -0.484 e. The van der Waals surface area contributed by atoms with Crippen LogP contribution in [0.2, 0.25) is 0 Å². The molecule has 2 aromatic carbocycles. The van der Waals surface area contributed by atoms with Crippen molar-refractivity contribution in [1.82, 2.24) is 10.7 Å². The van der Waals surface area contributed by atoms with Crippen LogP contribution in [0, 0.1) is 5.82 Å². The van der Waals surface area contributed by atoms with Crippen LogP contribution in [0.3, 0.4) is 0 Å². The molecular weight excluding hydrogens is 459 g/mol. The summed E-state index contributed by atoms with van der Waals surface area (Å²) in [5.41, 5.74) is 2.74. The first kappa shape index (κ1) is 23.0. The molecule has 0 aliphatic rings. The van der Waals surface area contributed by atoms with E-state index in [1.54, 1.807) is 30.3 Å². The second-order valence-corrected chi connectivity index (χ2v) is 6.90. The lowest BCUT2D eigenvalue weighted by atomic mass is 10.2. The SMILES string of the molecule is CCCNC(=O)C(=O)N/N=C\c1cccc(OCC(=O)Nc2ccc(Br)cc2F)c1. The van der Waals surface area contributed by atoms with Crippen LogP contribution >= 0.6 is 15.9 Å². The zero-order valence-corrected chi connectivity index (χ0v) is 17.7. The second-order valence-electron chi connectivity index (χ2n) is 5.99. The van der Waals surface area contributed by atoms with Crippen molar-refractivity contribution in [1.29, 1.82) is 0 Å². The van der Waals surface area contributed by atoms with Crippen LogP contribution in [0.15, 0.2) is 52.0 Å². The summed E-state index contributed by atoms with van der Waals surface area (Å²) in [5, 5.41) is 8.57. The van der Waals surface area contributed by atoms with Crippen LogP contribution in [0.4, 0.5) is 10.1 Å². The Hall–Kier alpha value is -3.27. The lowest BCUT2D eigenvalue weighted by molar-refractivity contribution is -0.139. The Balaban J connectivity index is 1.85. The average Bonchev–Trinajstić information content (AvgIpc) is 2.72. The van der Waals surface area contributed by atoms with E-state index in [0.29, 0.717) is 28.8 Å². The standard InChI is InChI=1S/C20H20BrFN4O4/c1-2-8-23-19(28)20(29)26-24-11-13-4-3-5-15(9-13)30-12-18(27)25-17-7-6-14(21)10-16(17)22/h3-7,9-11H,2,8,12H2,1H3,(H,23,28)(H,25,27)(H,26,29)/b24-11-. The average molecular weight is 479 g/mol. The molecule has 2 aromatic rings. The number of hydrogen-bond donors (Lipinski definition) is 3. The minimum atomic E-state index is -0.871. The molecule has 0 radical (unpaired) electrons. The molecule has 0 fully saturated rings. The fourth-order valence-corrected chi connectivity index (χ4v) is 2.48. The lowest BCUT2D eigenvalue weighted by Gasteiger charge is -2.09. The van der Waals surface area contributed by atoms with Gasteiger partial charge in [-0.2, -0.15) is 5.10 Å². The van der Waals surface area contributed by atoms with Gasteiger partial charge in [-0.25, -0.2) is 9.82 Å². The smallest absolute Gasteiger partial charge is 0.329 e. The third kappa shape index (κ3) is 7.63. The van der Waals surface area contributed by atoms with Gasteiger partial charge in [0, 0.05) is 11.0 Å². The summed E-state index contributed by atoms with van der Waals surface area (Å²) in [6.07, 6.45) is 2.04. The van der Waals surface area contributed by atoms with E-state index in [-0.39, 0.29) is 12.3 Å². The molecule has 0 saturated heterocycles. The molecule has 0 spiro atoms. The van der Waals surface area contributed by atoms with E-state index in [1.807, 2.05) is 6.92 Å². The maximum absolute atomic E-state index is 13.8. The highest BCUT2D eigenvalue weighted by Gasteiger charge is 2.11. The van der Waals surface area contributed by atoms with Crippen molar-refractivity contribution in [3.63, 3.8) is 0 Å². The Morgan fingerprint density at radius 1 is 1.17 bits per heavy atom. The molecule has 0 aliphatic carbocycles. The maximum Gasteiger partial charge on any atom is 0.329 e. The van der Waals surface area contributed by atoms with E-state index in [2.05, 4.69) is 37.1 Å². The second kappa shape index (κ2) is 11.7. The number of halogens is 2. The maximum atomic E-state index is 13.8. The predicted octanol–water partition coefficient (Wildman–Crippen LogP) is 2.58. The third-order valence-corrected chi connectivity index (χ3v) is 4.05. The first-order valence-electron chi connectivity index (χ1n) is 8.98. The van der Waals surface area contributed by atoms with Gasteiger partial charge < -0.3 is 15.4 Å². The van der Waals surface area contributed by atoms with E-state index in [0.717, 1.165) is 0 Å². The van der Waals surface area contributed by atoms with Gasteiger partial charge in [-0.05, 0) is 42.3 Å². The molecule has 10 heteroatoms. The van der Waals surface area contributed by atoms with E-state index in [1.165, 1.54) is 18.3 Å². The summed E-state index contributed by atoms with van der Waals surface area (Å²) in [4.78, 5) is 34.9. The molecule has 0 aliphatic heterocycles. The Bertz CT molecular complexity index is 952.